The first-order valence-corrected chi connectivity index (χ1v) is 25.6. The highest BCUT2D eigenvalue weighted by molar-refractivity contribution is 5.72. The van der Waals surface area contributed by atoms with E-state index in [9.17, 15) is 19.2 Å². The van der Waals surface area contributed by atoms with E-state index in [1.165, 1.54) is 154 Å². The summed E-state index contributed by atoms with van der Waals surface area (Å²) in [5, 5.41) is 0. The molecule has 59 heavy (non-hydrogen) atoms. The maximum Gasteiger partial charge on any atom is 0.308 e. The van der Waals surface area contributed by atoms with Crippen LogP contribution in [-0.2, 0) is 38.1 Å². The van der Waals surface area contributed by atoms with E-state index in [0.29, 0.717) is 25.7 Å². The Labute approximate surface area is 364 Å². The third-order valence-corrected chi connectivity index (χ3v) is 11.4. The van der Waals surface area contributed by atoms with E-state index in [1.807, 2.05) is 0 Å². The number of carbonyl (C=O) groups is 4. The van der Waals surface area contributed by atoms with Crippen LogP contribution in [0.3, 0.4) is 0 Å². The third kappa shape index (κ3) is 45.2. The lowest BCUT2D eigenvalue weighted by Gasteiger charge is -2.14. The second-order valence-corrected chi connectivity index (χ2v) is 17.5. The van der Waals surface area contributed by atoms with Crippen LogP contribution in [0.1, 0.15) is 291 Å². The molecule has 0 aromatic carbocycles. The van der Waals surface area contributed by atoms with Crippen molar-refractivity contribution in [3.8, 4) is 0 Å². The molecule has 0 saturated carbocycles. The fourth-order valence-corrected chi connectivity index (χ4v) is 7.73. The summed E-state index contributed by atoms with van der Waals surface area (Å²) in [6.45, 7) is 7.74. The van der Waals surface area contributed by atoms with Crippen molar-refractivity contribution < 1.29 is 38.1 Å². The van der Waals surface area contributed by atoms with Crippen molar-refractivity contribution >= 4 is 23.9 Å². The van der Waals surface area contributed by atoms with Crippen molar-refractivity contribution in [3.05, 3.63) is 0 Å². The van der Waals surface area contributed by atoms with Gasteiger partial charge in [0, 0.05) is 39.5 Å². The molecule has 0 fully saturated rings. The van der Waals surface area contributed by atoms with Crippen LogP contribution in [0.15, 0.2) is 0 Å². The molecule has 2 atom stereocenters. The lowest BCUT2D eigenvalue weighted by molar-refractivity contribution is -0.186. The van der Waals surface area contributed by atoms with E-state index in [-0.39, 0.29) is 23.9 Å². The molecule has 8 heteroatoms. The van der Waals surface area contributed by atoms with Gasteiger partial charge in [0.1, 0.15) is 0 Å². The summed E-state index contributed by atoms with van der Waals surface area (Å²) in [4.78, 5) is 48.7. The molecular weight excluding hydrogens is 741 g/mol. The fraction of sp³-hybridized carbons (Fsp3) is 0.922. The van der Waals surface area contributed by atoms with Crippen LogP contribution in [-0.4, -0.2) is 36.5 Å². The van der Waals surface area contributed by atoms with Gasteiger partial charge in [0.05, 0.1) is 0 Å². The number of carbonyl (C=O) groups excluding carboxylic acids is 4. The molecular formula is C51H96O8. The lowest BCUT2D eigenvalue weighted by atomic mass is 10.0. The molecule has 348 valence electrons. The van der Waals surface area contributed by atoms with Crippen molar-refractivity contribution in [2.24, 2.45) is 0 Å². The summed E-state index contributed by atoms with van der Waals surface area (Å²) >= 11 is 0. The minimum absolute atomic E-state index is 0.299. The van der Waals surface area contributed by atoms with Crippen molar-refractivity contribution in [2.45, 2.75) is 304 Å². The molecule has 0 saturated heterocycles. The predicted octanol–water partition coefficient (Wildman–Crippen LogP) is 15.9. The first-order valence-electron chi connectivity index (χ1n) is 25.6. The molecule has 0 heterocycles. The standard InChI is InChI=1S/C51H96O8/c1-5-7-9-11-13-15-17-19-21-23-25-27-30-34-38-42-48(52)56-46(3)58-50(54)44-40-36-32-29-33-37-41-45-51(55)59-47(4)57-49(53)43-39-35-31-28-26-24-22-20-18-16-14-12-10-8-6-2/h46-47H,5-45H2,1-4H3. The van der Waals surface area contributed by atoms with Gasteiger partial charge in [-0.3, -0.25) is 19.2 Å². The number of unbranched alkanes of at least 4 members (excludes halogenated alkanes) is 34. The highest BCUT2D eigenvalue weighted by Crippen LogP contribution is 2.17. The number of hydrogen-bond donors (Lipinski definition) is 0. The van der Waals surface area contributed by atoms with Gasteiger partial charge in [-0.05, 0) is 25.7 Å². The molecule has 0 aliphatic heterocycles. The predicted molar refractivity (Wildman–Crippen MR) is 244 cm³/mol. The second kappa shape index (κ2) is 45.4. The maximum atomic E-state index is 12.2. The Morgan fingerprint density at radius 2 is 0.390 bits per heavy atom. The minimum atomic E-state index is -0.850. The Morgan fingerprint density at radius 3 is 0.542 bits per heavy atom. The molecule has 8 nitrogen and oxygen atoms in total. The molecule has 0 radical (unpaired) electrons. The van der Waals surface area contributed by atoms with Crippen molar-refractivity contribution in [3.63, 3.8) is 0 Å². The molecule has 0 aliphatic carbocycles. The van der Waals surface area contributed by atoms with Gasteiger partial charge in [-0.2, -0.15) is 0 Å². The molecule has 0 aliphatic rings. The second-order valence-electron chi connectivity index (χ2n) is 17.5. The van der Waals surface area contributed by atoms with Gasteiger partial charge >= 0.3 is 23.9 Å². The van der Waals surface area contributed by atoms with Crippen LogP contribution >= 0.6 is 0 Å². The Morgan fingerprint density at radius 1 is 0.254 bits per heavy atom. The Hall–Kier alpha value is -2.12. The summed E-state index contributed by atoms with van der Waals surface area (Å²) in [5.41, 5.74) is 0. The third-order valence-electron chi connectivity index (χ3n) is 11.4. The zero-order valence-corrected chi connectivity index (χ0v) is 39.4. The average molecular weight is 837 g/mol. The molecule has 0 bridgehead atoms. The first kappa shape index (κ1) is 56.9. The van der Waals surface area contributed by atoms with Crippen LogP contribution < -0.4 is 0 Å². The van der Waals surface area contributed by atoms with Crippen LogP contribution in [0.25, 0.3) is 0 Å². The largest absolute Gasteiger partial charge is 0.425 e. The SMILES string of the molecule is CCCCCCCCCCCCCCCCCC(=O)OC(C)OC(=O)CCCCCCCCCC(=O)OC(C)OC(=O)CCCCCCCCCCCCCCCCC. The van der Waals surface area contributed by atoms with Crippen molar-refractivity contribution in [1.29, 1.82) is 0 Å². The van der Waals surface area contributed by atoms with Crippen molar-refractivity contribution in [1.82, 2.24) is 0 Å². The van der Waals surface area contributed by atoms with Gasteiger partial charge in [-0.15, -0.1) is 0 Å². The fourth-order valence-electron chi connectivity index (χ4n) is 7.73. The van der Waals surface area contributed by atoms with Gasteiger partial charge in [0.25, 0.3) is 0 Å². The quantitative estimate of drug-likeness (QED) is 0.0339. The molecule has 0 rings (SSSR count). The number of hydrogen-bond acceptors (Lipinski definition) is 8. The zero-order valence-electron chi connectivity index (χ0n) is 39.4. The summed E-state index contributed by atoms with van der Waals surface area (Å²) in [6.07, 6.45) is 44.5. The summed E-state index contributed by atoms with van der Waals surface area (Å²) < 4.78 is 21.1. The molecule has 0 spiro atoms. The highest BCUT2D eigenvalue weighted by Gasteiger charge is 2.15. The Kier molecular flexibility index (Phi) is 43.8. The van der Waals surface area contributed by atoms with Crippen LogP contribution in [0.5, 0.6) is 0 Å². The van der Waals surface area contributed by atoms with Gasteiger partial charge in [0.2, 0.25) is 12.6 Å². The number of rotatable bonds is 46. The lowest BCUT2D eigenvalue weighted by Crippen LogP contribution is -2.21. The Bertz CT molecular complexity index is 878. The van der Waals surface area contributed by atoms with Gasteiger partial charge in [-0.25, -0.2) is 0 Å². The van der Waals surface area contributed by atoms with E-state index < -0.39 is 12.6 Å². The van der Waals surface area contributed by atoms with Crippen LogP contribution in [0.4, 0.5) is 0 Å². The van der Waals surface area contributed by atoms with E-state index in [1.54, 1.807) is 13.8 Å². The normalized spacial score (nSPS) is 12.3. The van der Waals surface area contributed by atoms with Crippen LogP contribution in [0.2, 0.25) is 0 Å². The van der Waals surface area contributed by atoms with Gasteiger partial charge in [-0.1, -0.05) is 226 Å². The zero-order chi connectivity index (χ0) is 43.3. The van der Waals surface area contributed by atoms with E-state index in [4.69, 9.17) is 18.9 Å². The maximum absolute atomic E-state index is 12.2. The first-order chi connectivity index (χ1) is 28.8. The molecule has 0 aromatic heterocycles. The minimum Gasteiger partial charge on any atom is -0.425 e. The summed E-state index contributed by atoms with van der Waals surface area (Å²) in [7, 11) is 0. The molecule has 0 aromatic rings. The van der Waals surface area contributed by atoms with E-state index in [0.717, 1.165) is 83.5 Å². The van der Waals surface area contributed by atoms with Crippen LogP contribution in [0, 0.1) is 0 Å². The summed E-state index contributed by atoms with van der Waals surface area (Å²) in [6, 6.07) is 0. The summed E-state index contributed by atoms with van der Waals surface area (Å²) in [5.74, 6) is -1.26. The monoisotopic (exact) mass is 837 g/mol. The van der Waals surface area contributed by atoms with Gasteiger partial charge in [0.15, 0.2) is 0 Å². The number of esters is 4. The van der Waals surface area contributed by atoms with E-state index in [2.05, 4.69) is 13.8 Å². The molecule has 0 N–H and O–H groups in total. The Balaban J connectivity index is 3.55. The highest BCUT2D eigenvalue weighted by atomic mass is 16.7. The van der Waals surface area contributed by atoms with E-state index >= 15 is 0 Å². The van der Waals surface area contributed by atoms with Gasteiger partial charge < -0.3 is 18.9 Å². The van der Waals surface area contributed by atoms with Crippen molar-refractivity contribution in [2.75, 3.05) is 0 Å². The smallest absolute Gasteiger partial charge is 0.308 e. The molecule has 2 unspecified atom stereocenters. The topological polar surface area (TPSA) is 105 Å². The average Bonchev–Trinajstić information content (AvgIpc) is 3.20. The number of ether oxygens (including phenoxy) is 4. The molecule has 0 amide bonds.